The molecule has 52 heavy (non-hydrogen) atoms. The maximum absolute atomic E-state index is 6.48. The van der Waals surface area contributed by atoms with Crippen molar-refractivity contribution in [3.63, 3.8) is 0 Å². The Morgan fingerprint density at radius 3 is 1.79 bits per heavy atom. The number of hydrogen-bond donors (Lipinski definition) is 0. The zero-order chi connectivity index (χ0) is 34.7. The molecule has 0 atom stereocenters. The Labute approximate surface area is 309 Å². The highest BCUT2D eigenvalue weighted by Crippen LogP contribution is 2.46. The SMILES string of the molecule is c1ccc(-c2cccc3oc4ccc(N(c5ccc(C6CCCCC6)cc5)c5ccc(C6(c7ccccc7)CCCCCCC6)cc5)cc4c23)cc1. The van der Waals surface area contributed by atoms with Crippen molar-refractivity contribution >= 4 is 39.0 Å². The molecule has 0 bridgehead atoms. The molecule has 0 saturated heterocycles. The van der Waals surface area contributed by atoms with E-state index in [1.807, 2.05) is 0 Å². The third-order valence-corrected chi connectivity index (χ3v) is 12.3. The van der Waals surface area contributed by atoms with Gasteiger partial charge in [-0.1, -0.05) is 148 Å². The molecule has 2 aliphatic carbocycles. The molecular weight excluding hydrogens is 631 g/mol. The van der Waals surface area contributed by atoms with Crippen LogP contribution in [0, 0.1) is 0 Å². The average Bonchev–Trinajstić information content (AvgIpc) is 3.58. The Morgan fingerprint density at radius 1 is 0.481 bits per heavy atom. The van der Waals surface area contributed by atoms with E-state index in [4.69, 9.17) is 4.42 Å². The smallest absolute Gasteiger partial charge is 0.136 e. The van der Waals surface area contributed by atoms with Gasteiger partial charge in [0, 0.05) is 33.2 Å². The van der Waals surface area contributed by atoms with Crippen LogP contribution in [0.1, 0.15) is 99.7 Å². The topological polar surface area (TPSA) is 16.4 Å². The second-order valence-electron chi connectivity index (χ2n) is 15.4. The third-order valence-electron chi connectivity index (χ3n) is 12.3. The van der Waals surface area contributed by atoms with Gasteiger partial charge in [-0.2, -0.15) is 0 Å². The largest absolute Gasteiger partial charge is 0.456 e. The zero-order valence-corrected chi connectivity index (χ0v) is 30.3. The van der Waals surface area contributed by atoms with Crippen LogP contribution in [0.15, 0.2) is 150 Å². The van der Waals surface area contributed by atoms with Gasteiger partial charge in [0.25, 0.3) is 0 Å². The van der Waals surface area contributed by atoms with Crippen molar-refractivity contribution < 1.29 is 4.42 Å². The van der Waals surface area contributed by atoms with Gasteiger partial charge in [-0.05, 0) is 108 Å². The summed E-state index contributed by atoms with van der Waals surface area (Å²) < 4.78 is 6.48. The summed E-state index contributed by atoms with van der Waals surface area (Å²) >= 11 is 0. The lowest BCUT2D eigenvalue weighted by Crippen LogP contribution is -2.29. The summed E-state index contributed by atoms with van der Waals surface area (Å²) in [4.78, 5) is 2.45. The number of nitrogens with zero attached hydrogens (tertiary/aromatic N) is 1. The predicted octanol–water partition coefficient (Wildman–Crippen LogP) is 14.8. The van der Waals surface area contributed by atoms with Crippen LogP contribution in [0.25, 0.3) is 33.1 Å². The number of hydrogen-bond acceptors (Lipinski definition) is 2. The first-order valence-corrected chi connectivity index (χ1v) is 19.8. The fourth-order valence-electron chi connectivity index (χ4n) is 9.53. The normalized spacial score (nSPS) is 16.8. The van der Waals surface area contributed by atoms with Crippen LogP contribution in [0.4, 0.5) is 17.1 Å². The molecule has 0 spiro atoms. The first-order chi connectivity index (χ1) is 25.8. The molecule has 0 aliphatic heterocycles. The fourth-order valence-corrected chi connectivity index (χ4v) is 9.53. The molecule has 0 radical (unpaired) electrons. The molecule has 2 heteroatoms. The second kappa shape index (κ2) is 14.5. The van der Waals surface area contributed by atoms with E-state index in [0.717, 1.165) is 22.2 Å². The molecule has 1 aromatic heterocycles. The molecule has 9 rings (SSSR count). The number of fused-ring (bicyclic) bond motifs is 3. The lowest BCUT2D eigenvalue weighted by atomic mass is 9.67. The van der Waals surface area contributed by atoms with E-state index < -0.39 is 0 Å². The standard InChI is InChI=1S/C50H49NO/c1-2-13-34-50(35-14-3-1,40-20-11-6-12-21-40)41-26-30-43(31-27-41)51(42-28-24-38(25-29-42)37-16-7-4-8-17-37)44-32-33-47-46(36-44)49-45(22-15-23-48(49)52-47)39-18-9-5-10-19-39/h5-6,9-12,15,18-33,36-37H,1-4,7-8,13-14,16-17,34-35H2. The van der Waals surface area contributed by atoms with Crippen LogP contribution in [0.3, 0.4) is 0 Å². The summed E-state index contributed by atoms with van der Waals surface area (Å²) in [6.07, 6.45) is 15.7. The van der Waals surface area contributed by atoms with Gasteiger partial charge in [-0.25, -0.2) is 0 Å². The van der Waals surface area contributed by atoms with Crippen molar-refractivity contribution in [1.82, 2.24) is 0 Å². The molecule has 0 N–H and O–H groups in total. The Balaban J connectivity index is 1.17. The molecular formula is C50H49NO. The lowest BCUT2D eigenvalue weighted by molar-refractivity contribution is 0.366. The summed E-state index contributed by atoms with van der Waals surface area (Å²) in [7, 11) is 0. The maximum atomic E-state index is 6.48. The van der Waals surface area contributed by atoms with Crippen LogP contribution in [-0.4, -0.2) is 0 Å². The first kappa shape index (κ1) is 32.8. The molecule has 2 nitrogen and oxygen atoms in total. The van der Waals surface area contributed by atoms with Gasteiger partial charge >= 0.3 is 0 Å². The Morgan fingerprint density at radius 2 is 1.08 bits per heavy atom. The van der Waals surface area contributed by atoms with E-state index in [2.05, 4.69) is 150 Å². The summed E-state index contributed by atoms with van der Waals surface area (Å²) in [5.74, 6) is 0.679. The summed E-state index contributed by atoms with van der Waals surface area (Å²) in [6, 6.07) is 54.3. The number of rotatable bonds is 7. The molecule has 0 unspecified atom stereocenters. The average molecular weight is 680 g/mol. The van der Waals surface area contributed by atoms with Crippen molar-refractivity contribution in [3.05, 3.63) is 162 Å². The minimum atomic E-state index is 0.0507. The summed E-state index contributed by atoms with van der Waals surface area (Å²) in [5, 5.41) is 2.31. The minimum absolute atomic E-state index is 0.0507. The van der Waals surface area contributed by atoms with Gasteiger partial charge in [0.1, 0.15) is 11.2 Å². The summed E-state index contributed by atoms with van der Waals surface area (Å²) in [5.41, 5.74) is 12.2. The van der Waals surface area contributed by atoms with Gasteiger partial charge in [0.15, 0.2) is 0 Å². The number of benzene rings is 6. The molecule has 0 amide bonds. The van der Waals surface area contributed by atoms with Crippen LogP contribution >= 0.6 is 0 Å². The molecule has 2 saturated carbocycles. The van der Waals surface area contributed by atoms with Crippen LogP contribution in [-0.2, 0) is 5.41 Å². The summed E-state index contributed by atoms with van der Waals surface area (Å²) in [6.45, 7) is 0. The monoisotopic (exact) mass is 679 g/mol. The zero-order valence-electron chi connectivity index (χ0n) is 30.3. The number of furan rings is 1. The fraction of sp³-hybridized carbons (Fsp3) is 0.280. The first-order valence-electron chi connectivity index (χ1n) is 19.8. The highest BCUT2D eigenvalue weighted by atomic mass is 16.3. The molecule has 6 aromatic carbocycles. The van der Waals surface area contributed by atoms with Crippen molar-refractivity contribution in [2.24, 2.45) is 0 Å². The van der Waals surface area contributed by atoms with Crippen molar-refractivity contribution in [1.29, 1.82) is 0 Å². The maximum Gasteiger partial charge on any atom is 0.136 e. The second-order valence-corrected chi connectivity index (χ2v) is 15.4. The molecule has 7 aromatic rings. The molecule has 1 heterocycles. The molecule has 2 fully saturated rings. The van der Waals surface area contributed by atoms with E-state index in [0.29, 0.717) is 5.92 Å². The van der Waals surface area contributed by atoms with Crippen molar-refractivity contribution in [3.8, 4) is 11.1 Å². The van der Waals surface area contributed by atoms with Gasteiger partial charge < -0.3 is 9.32 Å². The predicted molar refractivity (Wildman–Crippen MR) is 219 cm³/mol. The van der Waals surface area contributed by atoms with Crippen LogP contribution < -0.4 is 4.90 Å². The van der Waals surface area contributed by atoms with E-state index in [9.17, 15) is 0 Å². The van der Waals surface area contributed by atoms with E-state index in [1.54, 1.807) is 0 Å². The highest BCUT2D eigenvalue weighted by Gasteiger charge is 2.34. The van der Waals surface area contributed by atoms with Crippen LogP contribution in [0.2, 0.25) is 0 Å². The third kappa shape index (κ3) is 6.23. The highest BCUT2D eigenvalue weighted by molar-refractivity contribution is 6.13. The van der Waals surface area contributed by atoms with E-state index in [-0.39, 0.29) is 5.41 Å². The van der Waals surface area contributed by atoms with Crippen molar-refractivity contribution in [2.45, 2.75) is 88.4 Å². The minimum Gasteiger partial charge on any atom is -0.456 e. The van der Waals surface area contributed by atoms with Gasteiger partial charge in [0.2, 0.25) is 0 Å². The Hall–Kier alpha value is -5.08. The quantitative estimate of drug-likeness (QED) is 0.167. The Bertz CT molecular complexity index is 2230. The van der Waals surface area contributed by atoms with E-state index in [1.165, 1.54) is 122 Å². The van der Waals surface area contributed by atoms with Crippen molar-refractivity contribution in [2.75, 3.05) is 4.90 Å². The van der Waals surface area contributed by atoms with Gasteiger partial charge in [-0.15, -0.1) is 0 Å². The van der Waals surface area contributed by atoms with Gasteiger partial charge in [-0.3, -0.25) is 0 Å². The molecule has 260 valence electrons. The van der Waals surface area contributed by atoms with E-state index >= 15 is 0 Å². The van der Waals surface area contributed by atoms with Gasteiger partial charge in [0.05, 0.1) is 0 Å². The molecule has 2 aliphatic rings. The lowest BCUT2D eigenvalue weighted by Gasteiger charge is -2.37. The van der Waals surface area contributed by atoms with Crippen LogP contribution in [0.5, 0.6) is 0 Å². The Kier molecular flexibility index (Phi) is 9.15. The number of anilines is 3.